The monoisotopic (exact) mass is 272 g/mol. The van der Waals surface area contributed by atoms with E-state index in [2.05, 4.69) is 0 Å². The van der Waals surface area contributed by atoms with Crippen LogP contribution in [0.4, 0.5) is 0 Å². The Morgan fingerprint density at radius 2 is 2.20 bits per heavy atom. The van der Waals surface area contributed by atoms with Gasteiger partial charge < -0.3 is 4.74 Å². The summed E-state index contributed by atoms with van der Waals surface area (Å²) >= 11 is 0. The van der Waals surface area contributed by atoms with E-state index in [9.17, 15) is 9.70 Å². The van der Waals surface area contributed by atoms with E-state index < -0.39 is 5.54 Å². The number of hydrogen-bond acceptors (Lipinski definition) is 3. The fourth-order valence-electron chi connectivity index (χ4n) is 4.65. The normalized spacial score (nSPS) is 34.6. The average molecular weight is 272 g/mol. The van der Waals surface area contributed by atoms with Crippen molar-refractivity contribution in [1.29, 1.82) is 0 Å². The van der Waals surface area contributed by atoms with Crippen LogP contribution >= 0.6 is 0 Å². The van der Waals surface area contributed by atoms with Crippen molar-refractivity contribution in [2.24, 2.45) is 11.8 Å². The fraction of sp³-hybridized carbons (Fsp3) is 0.562. The number of ether oxygens (including phenoxy) is 1. The molecule has 104 valence electrons. The molecule has 1 aliphatic heterocycles. The van der Waals surface area contributed by atoms with Crippen molar-refractivity contribution in [2.45, 2.75) is 31.2 Å². The topological polar surface area (TPSA) is 46.4 Å². The van der Waals surface area contributed by atoms with Crippen LogP contribution in [0.1, 0.15) is 41.6 Å². The number of benzene rings is 1. The lowest BCUT2D eigenvalue weighted by atomic mass is 9.61. The maximum Gasteiger partial charge on any atom is 0.239 e. The molecule has 1 saturated carbocycles. The van der Waals surface area contributed by atoms with Gasteiger partial charge in [0.15, 0.2) is 5.78 Å². The number of fused-ring (bicyclic) bond motifs is 1. The summed E-state index contributed by atoms with van der Waals surface area (Å²) in [7, 11) is 1.62. The summed E-state index contributed by atoms with van der Waals surface area (Å²) in [6.07, 6.45) is 4.05. The zero-order chi connectivity index (χ0) is 13.9. The average Bonchev–Trinajstić information content (AvgIpc) is 2.76. The van der Waals surface area contributed by atoms with Gasteiger partial charge in [0, 0.05) is 33.1 Å². The number of carbonyl (C=O) groups excluding carboxylic acids is 1. The number of nitroso groups, excluding NO2 is 1. The zero-order valence-electron chi connectivity index (χ0n) is 11.6. The van der Waals surface area contributed by atoms with Crippen molar-refractivity contribution in [3.8, 4) is 5.75 Å². The third kappa shape index (κ3) is 1.25. The quantitative estimate of drug-likeness (QED) is 0.738. The molecule has 20 heavy (non-hydrogen) atoms. The highest BCUT2D eigenvalue weighted by molar-refractivity contribution is 6.01. The summed E-state index contributed by atoms with van der Waals surface area (Å²) in [5.41, 5.74) is 1.18. The molecule has 0 N–H and O–H groups in total. The lowest BCUT2D eigenvalue weighted by Gasteiger charge is -2.37. The van der Waals surface area contributed by atoms with Crippen LogP contribution in [-0.2, 0) is 5.54 Å². The summed E-state index contributed by atoms with van der Waals surface area (Å²) in [5, 5.41) is 0. The van der Waals surface area contributed by atoms with Crippen LogP contribution in [0.25, 0.3) is 0 Å². The molecule has 1 aromatic carbocycles. The van der Waals surface area contributed by atoms with Gasteiger partial charge in [-0.05, 0) is 31.0 Å². The predicted molar refractivity (Wildman–Crippen MR) is 72.9 cm³/mol. The molecule has 0 aromatic heterocycles. The van der Waals surface area contributed by atoms with Gasteiger partial charge >= 0.3 is 0 Å². The summed E-state index contributed by atoms with van der Waals surface area (Å²) in [4.78, 5) is 25.3. The number of rotatable bonds is 1. The van der Waals surface area contributed by atoms with Crippen molar-refractivity contribution in [1.82, 2.24) is 0 Å². The first kappa shape index (κ1) is 12.1. The van der Waals surface area contributed by atoms with E-state index in [0.717, 1.165) is 42.6 Å². The second-order valence-electron chi connectivity index (χ2n) is 6.22. The molecule has 2 bridgehead atoms. The van der Waals surface area contributed by atoms with Crippen molar-refractivity contribution in [2.75, 3.05) is 13.7 Å². The van der Waals surface area contributed by atoms with Gasteiger partial charge in [0.2, 0.25) is 12.1 Å². The van der Waals surface area contributed by atoms with Gasteiger partial charge in [0.05, 0.1) is 13.0 Å². The van der Waals surface area contributed by atoms with Gasteiger partial charge in [-0.25, -0.2) is 0 Å². The molecule has 4 heteroatoms. The minimum atomic E-state index is -0.472. The van der Waals surface area contributed by atoms with Crippen LogP contribution in [0.2, 0.25) is 0 Å². The Bertz CT molecular complexity index is 624. The van der Waals surface area contributed by atoms with E-state index >= 15 is 0 Å². The molecular formula is C16H18NO3+. The first-order chi connectivity index (χ1) is 9.68. The Labute approximate surface area is 117 Å². The minimum absolute atomic E-state index is 0.103. The van der Waals surface area contributed by atoms with E-state index in [1.807, 2.05) is 18.2 Å². The van der Waals surface area contributed by atoms with Crippen LogP contribution in [0.5, 0.6) is 5.75 Å². The van der Waals surface area contributed by atoms with Crippen LogP contribution in [0.3, 0.4) is 0 Å². The third-order valence-electron chi connectivity index (χ3n) is 5.53. The van der Waals surface area contributed by atoms with Gasteiger partial charge in [0.25, 0.3) is 0 Å². The molecule has 0 amide bonds. The number of Topliss-reactive ketones (excluding diaryl/α,β-unsaturated/α-hetero) is 1. The standard InChI is InChI=1S/C16H18NO3/c1-20-10-5-6-11-14(8-10)16-7-3-2-4-13(16)12(15(11)18)9-17(16)19/h5-6,8,12-13H,2-4,7,9H2,1H3/q+1/t12-,13-,16-/m0/s1. The van der Waals surface area contributed by atoms with Crippen LogP contribution in [0, 0.1) is 16.7 Å². The number of nitrogens with zero attached hydrogens (tertiary/aromatic N) is 1. The molecule has 4 rings (SSSR count). The third-order valence-corrected chi connectivity index (χ3v) is 5.53. The second kappa shape index (κ2) is 3.90. The molecule has 1 aromatic rings. The van der Waals surface area contributed by atoms with Crippen LogP contribution < -0.4 is 4.74 Å². The minimum Gasteiger partial charge on any atom is -0.497 e. The van der Waals surface area contributed by atoms with Crippen molar-refractivity contribution in [3.63, 3.8) is 0 Å². The first-order valence-electron chi connectivity index (χ1n) is 7.36. The molecule has 4 nitrogen and oxygen atoms in total. The fourth-order valence-corrected chi connectivity index (χ4v) is 4.65. The largest absolute Gasteiger partial charge is 0.497 e. The van der Waals surface area contributed by atoms with Crippen molar-refractivity contribution in [3.05, 3.63) is 34.2 Å². The molecule has 3 atom stereocenters. The molecule has 0 spiro atoms. The van der Waals surface area contributed by atoms with Gasteiger partial charge in [-0.15, -0.1) is 0 Å². The van der Waals surface area contributed by atoms with Crippen molar-refractivity contribution >= 4 is 5.78 Å². The lowest BCUT2D eigenvalue weighted by Crippen LogP contribution is -2.46. The maximum absolute atomic E-state index is 12.7. The van der Waals surface area contributed by atoms with E-state index in [4.69, 9.17) is 4.74 Å². The number of carbonyl (C=O) groups is 1. The van der Waals surface area contributed by atoms with E-state index in [1.54, 1.807) is 7.11 Å². The van der Waals surface area contributed by atoms with E-state index in [-0.39, 0.29) is 17.6 Å². The molecule has 0 radical (unpaired) electrons. The van der Waals surface area contributed by atoms with Crippen LogP contribution in [-0.4, -0.2) is 24.2 Å². The summed E-state index contributed by atoms with van der Waals surface area (Å²) < 4.78 is 6.50. The molecule has 0 unspecified atom stereocenters. The highest BCUT2D eigenvalue weighted by atomic mass is 16.5. The summed E-state index contributed by atoms with van der Waals surface area (Å²) in [5.74, 6) is 0.979. The number of hydrogen-bond donors (Lipinski definition) is 0. The lowest BCUT2D eigenvalue weighted by molar-refractivity contribution is -0.623. The SMILES string of the molecule is COc1ccc2c(c1)[C@]13CCCC[C@H]1[C@H](C[N+]3=O)C2=O. The van der Waals surface area contributed by atoms with Gasteiger partial charge in [-0.2, -0.15) is 0 Å². The van der Waals surface area contributed by atoms with E-state index in [1.165, 1.54) is 4.76 Å². The molecule has 3 aliphatic rings. The summed E-state index contributed by atoms with van der Waals surface area (Å²) in [6.45, 7) is 0.362. The first-order valence-corrected chi connectivity index (χ1v) is 7.36. The number of methoxy groups -OCH3 is 1. The maximum atomic E-state index is 12.7. The molecule has 2 fully saturated rings. The van der Waals surface area contributed by atoms with Gasteiger partial charge in [-0.3, -0.25) is 4.79 Å². The summed E-state index contributed by atoms with van der Waals surface area (Å²) in [6, 6.07) is 5.58. The van der Waals surface area contributed by atoms with E-state index in [0.29, 0.717) is 6.54 Å². The Kier molecular flexibility index (Phi) is 2.35. The Morgan fingerprint density at radius 3 is 3.00 bits per heavy atom. The van der Waals surface area contributed by atoms with Crippen LogP contribution in [0.15, 0.2) is 18.2 Å². The second-order valence-corrected chi connectivity index (χ2v) is 6.22. The molecule has 1 saturated heterocycles. The molecular weight excluding hydrogens is 254 g/mol. The Morgan fingerprint density at radius 1 is 1.35 bits per heavy atom. The number of ketones is 1. The molecule has 2 aliphatic carbocycles. The van der Waals surface area contributed by atoms with Gasteiger partial charge in [-0.1, -0.05) is 6.42 Å². The van der Waals surface area contributed by atoms with Gasteiger partial charge in [0.1, 0.15) is 5.75 Å². The Hall–Kier alpha value is -1.71. The van der Waals surface area contributed by atoms with Crippen molar-refractivity contribution < 1.29 is 14.3 Å². The molecule has 1 heterocycles. The Balaban J connectivity index is 2.00. The highest BCUT2D eigenvalue weighted by Crippen LogP contribution is 2.57. The zero-order valence-corrected chi connectivity index (χ0v) is 11.6. The smallest absolute Gasteiger partial charge is 0.239 e. The predicted octanol–water partition coefficient (Wildman–Crippen LogP) is 2.69. The highest BCUT2D eigenvalue weighted by Gasteiger charge is 2.69.